The Morgan fingerprint density at radius 1 is 1.19 bits per heavy atom. The molecule has 0 spiro atoms. The van der Waals surface area contributed by atoms with Gasteiger partial charge in [-0.1, -0.05) is 29.4 Å². The second-order valence-electron chi connectivity index (χ2n) is 7.24. The summed E-state index contributed by atoms with van der Waals surface area (Å²) < 4.78 is 7.08. The van der Waals surface area contributed by atoms with E-state index in [0.717, 1.165) is 11.8 Å². The molecule has 0 aliphatic heterocycles. The molecule has 36 heavy (non-hydrogen) atoms. The van der Waals surface area contributed by atoms with Gasteiger partial charge in [-0.05, 0) is 37.3 Å². The zero-order chi connectivity index (χ0) is 26.1. The first-order chi connectivity index (χ1) is 17.3. The minimum atomic E-state index is -0.577. The smallest absolute Gasteiger partial charge is 0.271 e. The first-order valence-electron chi connectivity index (χ1n) is 10.7. The number of rotatable bonds is 12. The Bertz CT molecular complexity index is 1260. The van der Waals surface area contributed by atoms with E-state index in [1.165, 1.54) is 18.2 Å². The number of nitro benzene ring substituents is 1. The van der Waals surface area contributed by atoms with Gasteiger partial charge in [-0.15, -0.1) is 16.8 Å². The lowest BCUT2D eigenvalue weighted by molar-refractivity contribution is -0.384. The van der Waals surface area contributed by atoms with Crippen LogP contribution < -0.4 is 15.4 Å². The molecular weight excluding hydrogens is 508 g/mol. The van der Waals surface area contributed by atoms with Crippen LogP contribution in [-0.2, 0) is 22.6 Å². The molecule has 1 aromatic heterocycles. The highest BCUT2D eigenvalue weighted by Gasteiger charge is 2.17. The van der Waals surface area contributed by atoms with Crippen molar-refractivity contribution in [1.82, 2.24) is 14.8 Å². The van der Waals surface area contributed by atoms with Crippen LogP contribution in [0, 0.1) is 10.1 Å². The number of ether oxygens (including phenoxy) is 1. The topological polar surface area (TPSA) is 141 Å². The van der Waals surface area contributed by atoms with E-state index < -0.39 is 10.8 Å². The minimum Gasteiger partial charge on any atom is -0.494 e. The predicted octanol–water partition coefficient (Wildman–Crippen LogP) is 4.34. The van der Waals surface area contributed by atoms with Gasteiger partial charge in [0.2, 0.25) is 11.8 Å². The van der Waals surface area contributed by atoms with Gasteiger partial charge in [0, 0.05) is 24.4 Å². The third-order valence-corrected chi connectivity index (χ3v) is 5.94. The first-order valence-corrected chi connectivity index (χ1v) is 12.1. The molecule has 13 heteroatoms. The molecule has 0 saturated carbocycles. The van der Waals surface area contributed by atoms with Gasteiger partial charge >= 0.3 is 0 Å². The Hall–Kier alpha value is -3.90. The number of non-ortho nitro benzene ring substituents is 1. The summed E-state index contributed by atoms with van der Waals surface area (Å²) in [4.78, 5) is 35.4. The van der Waals surface area contributed by atoms with Gasteiger partial charge in [0.05, 0.1) is 34.4 Å². The maximum atomic E-state index is 12.6. The summed E-state index contributed by atoms with van der Waals surface area (Å²) in [5.74, 6) is 0.326. The number of benzene rings is 2. The molecular formula is C23H23ClN6O5S. The first kappa shape index (κ1) is 26.7. The average Bonchev–Trinajstić information content (AvgIpc) is 3.21. The molecule has 3 aromatic rings. The van der Waals surface area contributed by atoms with E-state index in [4.69, 9.17) is 16.3 Å². The molecule has 0 radical (unpaired) electrons. The highest BCUT2D eigenvalue weighted by Crippen LogP contribution is 2.27. The number of hydrogen-bond acceptors (Lipinski definition) is 8. The van der Waals surface area contributed by atoms with Crippen LogP contribution in [-0.4, -0.2) is 43.9 Å². The molecule has 3 rings (SSSR count). The van der Waals surface area contributed by atoms with Gasteiger partial charge in [-0.3, -0.25) is 19.7 Å². The highest BCUT2D eigenvalue weighted by molar-refractivity contribution is 7.99. The van der Waals surface area contributed by atoms with Crippen molar-refractivity contribution in [3.8, 4) is 5.75 Å². The number of hydrogen-bond donors (Lipinski definition) is 2. The molecule has 11 nitrogen and oxygen atoms in total. The van der Waals surface area contributed by atoms with Crippen molar-refractivity contribution in [3.05, 3.63) is 76.1 Å². The monoisotopic (exact) mass is 530 g/mol. The largest absolute Gasteiger partial charge is 0.494 e. The number of nitro groups is 1. The van der Waals surface area contributed by atoms with Gasteiger partial charge < -0.3 is 19.9 Å². The Balaban J connectivity index is 1.62. The molecule has 0 fully saturated rings. The quantitative estimate of drug-likeness (QED) is 0.152. The third kappa shape index (κ3) is 7.30. The molecule has 0 aliphatic carbocycles. The minimum absolute atomic E-state index is 0.0376. The maximum Gasteiger partial charge on any atom is 0.271 e. The van der Waals surface area contributed by atoms with E-state index in [2.05, 4.69) is 27.4 Å². The van der Waals surface area contributed by atoms with Crippen molar-refractivity contribution in [2.45, 2.75) is 25.0 Å². The van der Waals surface area contributed by atoms with Crippen molar-refractivity contribution >= 4 is 52.2 Å². The van der Waals surface area contributed by atoms with Gasteiger partial charge in [-0.25, -0.2) is 0 Å². The van der Waals surface area contributed by atoms with Crippen molar-refractivity contribution in [2.75, 3.05) is 23.0 Å². The van der Waals surface area contributed by atoms with Crippen LogP contribution in [0.5, 0.6) is 5.75 Å². The van der Waals surface area contributed by atoms with Crippen molar-refractivity contribution in [2.24, 2.45) is 0 Å². The molecule has 0 atom stereocenters. The second kappa shape index (κ2) is 12.7. The van der Waals surface area contributed by atoms with Crippen LogP contribution in [0.2, 0.25) is 5.02 Å². The van der Waals surface area contributed by atoms with E-state index in [1.54, 1.807) is 34.9 Å². The highest BCUT2D eigenvalue weighted by atomic mass is 35.5. The Morgan fingerprint density at radius 2 is 1.94 bits per heavy atom. The van der Waals surface area contributed by atoms with E-state index in [1.807, 2.05) is 6.92 Å². The zero-order valence-electron chi connectivity index (χ0n) is 19.3. The molecule has 0 aliphatic rings. The summed E-state index contributed by atoms with van der Waals surface area (Å²) in [5.41, 5.74) is 0.557. The molecule has 188 valence electrons. The Kier molecular flexibility index (Phi) is 9.42. The van der Waals surface area contributed by atoms with E-state index in [9.17, 15) is 19.7 Å². The standard InChI is InChI=1S/C23H23ClN6O5S/c1-3-11-29-20(13-21(31)25-15-5-8-17(9-6-15)35-4-2)27-28-23(29)36-14-22(32)26-19-12-16(30(33)34)7-10-18(19)24/h3,5-10,12H,1,4,11,13-14H2,2H3,(H,25,31)(H,26,32). The van der Waals surface area contributed by atoms with Gasteiger partial charge in [0.25, 0.3) is 5.69 Å². The number of amides is 2. The van der Waals surface area contributed by atoms with E-state index >= 15 is 0 Å². The summed E-state index contributed by atoms with van der Waals surface area (Å²) in [6.07, 6.45) is 1.59. The van der Waals surface area contributed by atoms with E-state index in [-0.39, 0.29) is 34.5 Å². The maximum absolute atomic E-state index is 12.6. The lowest BCUT2D eigenvalue weighted by Crippen LogP contribution is -2.18. The molecule has 2 amide bonds. The van der Waals surface area contributed by atoms with Crippen LogP contribution in [0.3, 0.4) is 0 Å². The number of halogens is 1. The fourth-order valence-corrected chi connectivity index (χ4v) is 3.99. The second-order valence-corrected chi connectivity index (χ2v) is 8.59. The predicted molar refractivity (Wildman–Crippen MR) is 138 cm³/mol. The lowest BCUT2D eigenvalue weighted by atomic mass is 10.3. The van der Waals surface area contributed by atoms with Crippen LogP contribution in [0.4, 0.5) is 17.1 Å². The van der Waals surface area contributed by atoms with Gasteiger partial charge in [0.15, 0.2) is 5.16 Å². The van der Waals surface area contributed by atoms with Gasteiger partial charge in [-0.2, -0.15) is 0 Å². The van der Waals surface area contributed by atoms with Crippen LogP contribution in [0.1, 0.15) is 12.7 Å². The van der Waals surface area contributed by atoms with Crippen molar-refractivity contribution in [3.63, 3.8) is 0 Å². The van der Waals surface area contributed by atoms with Gasteiger partial charge in [0.1, 0.15) is 11.6 Å². The number of carbonyl (C=O) groups excluding carboxylic acids is 2. The summed E-state index contributed by atoms with van der Waals surface area (Å²) in [7, 11) is 0. The number of anilines is 2. The van der Waals surface area contributed by atoms with Crippen molar-refractivity contribution in [1.29, 1.82) is 0 Å². The molecule has 1 heterocycles. The lowest BCUT2D eigenvalue weighted by Gasteiger charge is -2.10. The zero-order valence-corrected chi connectivity index (χ0v) is 20.8. The summed E-state index contributed by atoms with van der Waals surface area (Å²) in [5, 5.41) is 25.1. The summed E-state index contributed by atoms with van der Waals surface area (Å²) in [6, 6.07) is 10.8. The third-order valence-electron chi connectivity index (χ3n) is 4.64. The molecule has 0 saturated heterocycles. The fourth-order valence-electron chi connectivity index (χ4n) is 3.06. The SMILES string of the molecule is C=CCn1c(CC(=O)Nc2ccc(OCC)cc2)nnc1SCC(=O)Nc1cc([N+](=O)[O-])ccc1Cl. The number of carbonyl (C=O) groups is 2. The van der Waals surface area contributed by atoms with Crippen LogP contribution >= 0.6 is 23.4 Å². The molecule has 2 N–H and O–H groups in total. The van der Waals surface area contributed by atoms with Crippen LogP contribution in [0.25, 0.3) is 0 Å². The number of thioether (sulfide) groups is 1. The fraction of sp³-hybridized carbons (Fsp3) is 0.217. The van der Waals surface area contributed by atoms with Crippen LogP contribution in [0.15, 0.2) is 60.3 Å². The molecule has 2 aromatic carbocycles. The Labute approximate surface area is 216 Å². The number of nitrogens with one attached hydrogen (secondary N) is 2. The average molecular weight is 531 g/mol. The summed E-state index contributed by atoms with van der Waals surface area (Å²) in [6.45, 7) is 6.50. The molecule has 0 bridgehead atoms. The normalized spacial score (nSPS) is 10.5. The molecule has 0 unspecified atom stereocenters. The Morgan fingerprint density at radius 3 is 2.61 bits per heavy atom. The van der Waals surface area contributed by atoms with E-state index in [0.29, 0.717) is 35.6 Å². The van der Waals surface area contributed by atoms with Crippen molar-refractivity contribution < 1.29 is 19.2 Å². The summed E-state index contributed by atoms with van der Waals surface area (Å²) >= 11 is 7.13. The number of aromatic nitrogens is 3. The number of allylic oxidation sites excluding steroid dienone is 1. The number of nitrogens with zero attached hydrogens (tertiary/aromatic N) is 4.